The lowest BCUT2D eigenvalue weighted by Crippen LogP contribution is -2.41. The number of carbonyl (C=O) groups is 1. The molecule has 1 aliphatic carbocycles. The number of rotatable bonds is 13. The summed E-state index contributed by atoms with van der Waals surface area (Å²) in [5, 5.41) is 52.3. The van der Waals surface area contributed by atoms with Gasteiger partial charge in [0.25, 0.3) is 11.4 Å². The molecule has 1 saturated heterocycles. The van der Waals surface area contributed by atoms with Gasteiger partial charge in [0.2, 0.25) is 17.6 Å². The van der Waals surface area contributed by atoms with Crippen molar-refractivity contribution in [2.24, 2.45) is 25.7 Å². The normalized spacial score (nSPS) is 12.4. The smallest absolute Gasteiger partial charge is 0.496 e. The quantitative estimate of drug-likeness (QED) is 0.0418. The molecule has 0 bridgehead atoms. The molecule has 0 radical (unpaired) electrons. The van der Waals surface area contributed by atoms with E-state index in [4.69, 9.17) is 94.1 Å². The molecule has 2 aromatic carbocycles. The maximum absolute atomic E-state index is 10.7. The van der Waals surface area contributed by atoms with Gasteiger partial charge in [-0.25, -0.2) is 29.9 Å². The highest BCUT2D eigenvalue weighted by Crippen LogP contribution is 2.43. The molecule has 0 unspecified atom stereocenters. The van der Waals surface area contributed by atoms with Crippen LogP contribution in [0.25, 0.3) is 83.6 Å². The molecule has 2 fully saturated rings. The Morgan fingerprint density at radius 1 is 0.617 bits per heavy atom. The highest BCUT2D eigenvalue weighted by atomic mass is 79.9. The third kappa shape index (κ3) is 26.4. The molecule has 640 valence electrons. The number of aromatic nitrogens is 18. The molecule has 1 aliphatic heterocycles. The van der Waals surface area contributed by atoms with Crippen LogP contribution in [0.15, 0.2) is 156 Å². The minimum Gasteiger partial charge on any atom is -0.496 e. The largest absolute Gasteiger partial charge is 0.498 e. The van der Waals surface area contributed by atoms with Gasteiger partial charge in [-0.3, -0.25) is 25.0 Å². The molecular formula is C80H97BBr2Cl6N22O9. The van der Waals surface area contributed by atoms with Crippen molar-refractivity contribution in [3.8, 4) is 45.4 Å². The predicted molar refractivity (Wildman–Crippen MR) is 490 cm³/mol. The lowest BCUT2D eigenvalue weighted by Gasteiger charge is -2.32. The van der Waals surface area contributed by atoms with Crippen LogP contribution >= 0.6 is 101 Å². The number of benzene rings is 2. The zero-order chi connectivity index (χ0) is 83.8. The van der Waals surface area contributed by atoms with E-state index < -0.39 is 28.2 Å². The van der Waals surface area contributed by atoms with E-state index in [9.17, 15) is 25.0 Å². The van der Waals surface area contributed by atoms with Crippen LogP contribution < -0.4 is 20.7 Å². The number of ether oxygens (including phenoxy) is 2. The SMILES string of the molecule is C.C.C.C.C.CCn1cc(-c2cccc(-c3nnn(C)n3)c2OC)c2cc(Cl)ncc21.CCn1cc(Br)c2cc(Cl)ncc21.CN(C)/C=C/c1cc(Cl)ncc1[N+](=O)[O-].COc1c(B2OC(C)(C)C(C)(C)O2)cccc1-c1nnn(C)n1.Cc1cc(Cl)ncc1[N+](=O)[O-].Clc1cc2c(Br)c[nH]c2cn1.Clc1cc2cc[nH]c2cn1.NC(=O)C1CC1. The zero-order valence-electron chi connectivity index (χ0n) is 64.2. The van der Waals surface area contributed by atoms with Gasteiger partial charge in [-0.05, 0) is 170 Å². The minimum atomic E-state index is -0.508. The third-order valence-corrected chi connectivity index (χ3v) is 20.1. The predicted octanol–water partition coefficient (Wildman–Crippen LogP) is 20.6. The molecular weight excluding hydrogens is 1800 g/mol. The molecule has 40 heteroatoms. The van der Waals surface area contributed by atoms with Gasteiger partial charge in [-0.1, -0.05) is 131 Å². The molecule has 120 heavy (non-hydrogen) atoms. The fourth-order valence-electron chi connectivity index (χ4n) is 11.0. The van der Waals surface area contributed by atoms with E-state index in [1.165, 1.54) is 21.7 Å². The molecule has 0 spiro atoms. The van der Waals surface area contributed by atoms with E-state index in [0.717, 1.165) is 119 Å². The molecule has 12 aromatic heterocycles. The van der Waals surface area contributed by atoms with E-state index >= 15 is 0 Å². The van der Waals surface area contributed by atoms with Crippen molar-refractivity contribution in [1.29, 1.82) is 0 Å². The Kier molecular flexibility index (Phi) is 39.1. The molecule has 13 heterocycles. The van der Waals surface area contributed by atoms with E-state index in [1.54, 1.807) is 77.2 Å². The number of fused-ring (bicyclic) bond motifs is 4. The Labute approximate surface area is 743 Å². The Morgan fingerprint density at radius 2 is 1.08 bits per heavy atom. The molecule has 4 N–H and O–H groups in total. The molecule has 2 aliphatic rings. The van der Waals surface area contributed by atoms with Crippen LogP contribution in [0.4, 0.5) is 11.4 Å². The third-order valence-electron chi connectivity index (χ3n) is 17.6. The van der Waals surface area contributed by atoms with Crippen LogP contribution in [0.1, 0.15) is 103 Å². The van der Waals surface area contributed by atoms with E-state index in [0.29, 0.717) is 54.9 Å². The monoisotopic (exact) mass is 1890 g/mol. The number of halogens is 8. The van der Waals surface area contributed by atoms with Gasteiger partial charge in [0.05, 0.1) is 113 Å². The number of nitrogens with zero attached hydrogens (tertiary/aromatic N) is 19. The van der Waals surface area contributed by atoms with Gasteiger partial charge in [-0.2, -0.15) is 9.59 Å². The number of para-hydroxylation sites is 2. The summed E-state index contributed by atoms with van der Waals surface area (Å²) < 4.78 is 29.9. The summed E-state index contributed by atoms with van der Waals surface area (Å²) in [7, 11) is 9.86. The number of nitrogens with one attached hydrogen (secondary N) is 2. The van der Waals surface area contributed by atoms with Crippen molar-refractivity contribution < 1.29 is 33.4 Å². The first-order chi connectivity index (χ1) is 54.6. The Balaban J connectivity index is 0.000000296. The van der Waals surface area contributed by atoms with Crippen molar-refractivity contribution in [2.45, 2.75) is 123 Å². The standard InChI is InChI=1S/C18H17ClN6O.C15H21BN4O3.C9H8BrClN2.C9H10ClN3O2.C7H4BrClN2.C7H5ClN2.C6H5ClN2O2.C4H7NO.5CH4/c1-4-25-10-14(13-8-16(19)20-9-15(13)25)11-6-5-7-12(17(11)26-3)18-21-23-24(2)22-18;1-14(2)15(3,4)23-16(22-14)11-9-7-8-10(12(11)21-6)13-17-19-20(5)18-13;1-2-13-5-7(10)6-3-9(11)12-4-8(6)13;1-12(2)4-3-7-5-9(10)11-6-8(7)13(14)15;8-5-2-10-6-3-11-7(9)1-4(5)6;8-7-3-5-1-2-9-6(5)4-10-7;1-4-2-6(7)8-3-5(4)9(10)11;5-4(6)3-1-2-3;;;;;/h5-10H,4H2,1-3H3;7-9H,1-6H3;3-5H,2H2,1H3;3-6H,1-2H3;1-3,10H;1-4,9H;2-3H,1H3;3H,1-2H2,(H2,5,6);5*1H4/b;;;4-3+;;;;;;;;;. The molecule has 31 nitrogen and oxygen atoms in total. The second-order valence-electron chi connectivity index (χ2n) is 26.3. The summed E-state index contributed by atoms with van der Waals surface area (Å²) in [6.45, 7) is 15.7. The molecule has 0 atom stereocenters. The lowest BCUT2D eigenvalue weighted by atomic mass is 9.77. The number of aryl methyl sites for hydroxylation is 5. The first kappa shape index (κ1) is 102. The number of amides is 1. The van der Waals surface area contributed by atoms with Gasteiger partial charge >= 0.3 is 7.12 Å². The van der Waals surface area contributed by atoms with E-state index in [-0.39, 0.29) is 70.6 Å². The fourth-order valence-corrected chi connectivity index (χ4v) is 13.0. The van der Waals surface area contributed by atoms with Crippen molar-refractivity contribution >= 4 is 181 Å². The number of nitrogens with two attached hydrogens (primary N) is 1. The maximum atomic E-state index is 10.7. The average molecular weight is 1890 g/mol. The summed E-state index contributed by atoms with van der Waals surface area (Å²) in [6, 6.07) is 23.9. The number of tetrazole rings is 2. The molecule has 1 saturated carbocycles. The fraction of sp³-hybridized carbons (Fsp3) is 0.312. The summed E-state index contributed by atoms with van der Waals surface area (Å²) in [4.78, 5) is 64.0. The number of hydrogen-bond donors (Lipinski definition) is 3. The summed E-state index contributed by atoms with van der Waals surface area (Å²) >= 11 is 41.3. The number of methoxy groups -OCH3 is 2. The number of pyridine rings is 6. The molecule has 14 aromatic rings. The molecule has 16 rings (SSSR count). The summed E-state index contributed by atoms with van der Waals surface area (Å²) in [5.74, 6) is 2.47. The number of carbonyl (C=O) groups excluding carboxylic acids is 1. The zero-order valence-corrected chi connectivity index (χ0v) is 71.9. The summed E-state index contributed by atoms with van der Waals surface area (Å²) in [5.41, 5.74) is 13.4. The van der Waals surface area contributed by atoms with Crippen molar-refractivity contribution in [2.75, 3.05) is 28.3 Å². The number of nitro groups is 2. The number of primary amides is 1. The number of aromatic amines is 2. The maximum Gasteiger partial charge on any atom is 0.498 e. The first-order valence-electron chi connectivity index (χ1n) is 34.8. The van der Waals surface area contributed by atoms with Crippen LogP contribution in [0.3, 0.4) is 0 Å². The van der Waals surface area contributed by atoms with Gasteiger partial charge in [0, 0.05) is 111 Å². The van der Waals surface area contributed by atoms with Crippen molar-refractivity contribution in [3.63, 3.8) is 0 Å². The second kappa shape index (κ2) is 45.9. The summed E-state index contributed by atoms with van der Waals surface area (Å²) in [6.07, 6.45) is 22.6. The number of hydrogen-bond acceptors (Lipinski definition) is 22. The van der Waals surface area contributed by atoms with Crippen LogP contribution in [-0.4, -0.2) is 157 Å². The van der Waals surface area contributed by atoms with Crippen LogP contribution in [0.2, 0.25) is 30.9 Å². The minimum absolute atomic E-state index is 0. The van der Waals surface area contributed by atoms with Gasteiger partial charge in [0.1, 0.15) is 54.8 Å². The van der Waals surface area contributed by atoms with Crippen LogP contribution in [-0.2, 0) is 41.3 Å². The highest BCUT2D eigenvalue weighted by Gasteiger charge is 2.53. The van der Waals surface area contributed by atoms with Crippen LogP contribution in [0, 0.1) is 33.1 Å². The first-order valence-corrected chi connectivity index (χ1v) is 38.7. The topological polar surface area (TPSA) is 376 Å². The van der Waals surface area contributed by atoms with E-state index in [2.05, 4.69) is 132 Å². The Bertz CT molecular complexity index is 5780. The number of H-pyrrole nitrogens is 2. The average Bonchev–Trinajstić information content (AvgIpc) is 1.60. The van der Waals surface area contributed by atoms with E-state index in [1.807, 2.05) is 127 Å². The van der Waals surface area contributed by atoms with Gasteiger partial charge in [-0.15, -0.1) is 20.4 Å². The highest BCUT2D eigenvalue weighted by molar-refractivity contribution is 9.11. The Morgan fingerprint density at radius 3 is 1.58 bits per heavy atom. The second-order valence-corrected chi connectivity index (χ2v) is 30.4. The van der Waals surface area contributed by atoms with Crippen molar-refractivity contribution in [3.05, 3.63) is 218 Å². The lowest BCUT2D eigenvalue weighted by molar-refractivity contribution is -0.385. The van der Waals surface area contributed by atoms with Gasteiger partial charge < -0.3 is 48.5 Å². The molecule has 1 amide bonds. The van der Waals surface area contributed by atoms with Crippen molar-refractivity contribution in [1.82, 2.24) is 94.3 Å². The Hall–Kier alpha value is -10.3. The van der Waals surface area contributed by atoms with Crippen LogP contribution in [0.5, 0.6) is 11.5 Å². The van der Waals surface area contributed by atoms with Gasteiger partial charge in [0.15, 0.2) is 0 Å².